The second-order valence-electron chi connectivity index (χ2n) is 7.32. The summed E-state index contributed by atoms with van der Waals surface area (Å²) < 4.78 is 0. The first-order chi connectivity index (χ1) is 12.3. The van der Waals surface area contributed by atoms with Crippen molar-refractivity contribution in [2.45, 2.75) is 33.4 Å². The smallest absolute Gasteiger partial charge is 0.290 e. The quantitative estimate of drug-likeness (QED) is 0.915. The third-order valence-corrected chi connectivity index (χ3v) is 4.31. The van der Waals surface area contributed by atoms with Gasteiger partial charge in [0.2, 0.25) is 0 Å². The van der Waals surface area contributed by atoms with Gasteiger partial charge in [-0.1, -0.05) is 32.9 Å². The van der Waals surface area contributed by atoms with E-state index in [0.717, 1.165) is 5.56 Å². The minimum Gasteiger partial charge on any atom is -0.503 e. The largest absolute Gasteiger partial charge is 0.503 e. The number of pyridine rings is 2. The molecule has 26 heavy (non-hydrogen) atoms. The highest BCUT2D eigenvalue weighted by atomic mass is 16.3. The molecule has 1 atom stereocenters. The maximum absolute atomic E-state index is 13.0. The van der Waals surface area contributed by atoms with E-state index >= 15 is 0 Å². The number of Topliss-reactive ketones (excluding diaryl/α,β-unsaturated/α-hetero) is 1. The van der Waals surface area contributed by atoms with Gasteiger partial charge in [0, 0.05) is 36.7 Å². The molecular formula is C20H21N3O3. The Morgan fingerprint density at radius 2 is 1.81 bits per heavy atom. The van der Waals surface area contributed by atoms with Gasteiger partial charge in [-0.05, 0) is 23.3 Å². The SMILES string of the molecule is CC(C)(C)C(=O)C1=C(O)C(=O)N(Cc2cccnc2)C1c1cccnc1. The number of hydrogen-bond donors (Lipinski definition) is 1. The Bertz CT molecular complexity index is 855. The molecule has 1 amide bonds. The molecule has 0 fully saturated rings. The minimum atomic E-state index is -0.728. The van der Waals surface area contributed by atoms with Gasteiger partial charge in [0.25, 0.3) is 5.91 Å². The zero-order chi connectivity index (χ0) is 18.9. The van der Waals surface area contributed by atoms with E-state index in [2.05, 4.69) is 9.97 Å². The topological polar surface area (TPSA) is 83.4 Å². The van der Waals surface area contributed by atoms with E-state index in [1.54, 1.807) is 63.8 Å². The van der Waals surface area contributed by atoms with E-state index in [1.165, 1.54) is 4.90 Å². The predicted molar refractivity (Wildman–Crippen MR) is 95.9 cm³/mol. The number of aromatic nitrogens is 2. The fourth-order valence-electron chi connectivity index (χ4n) is 3.03. The highest BCUT2D eigenvalue weighted by Gasteiger charge is 2.45. The third kappa shape index (κ3) is 3.22. The van der Waals surface area contributed by atoms with Gasteiger partial charge in [-0.3, -0.25) is 19.6 Å². The second-order valence-corrected chi connectivity index (χ2v) is 7.32. The number of rotatable bonds is 4. The van der Waals surface area contributed by atoms with Crippen LogP contribution in [0.5, 0.6) is 0 Å². The Balaban J connectivity index is 2.08. The number of hydrogen-bond acceptors (Lipinski definition) is 5. The first kappa shape index (κ1) is 17.8. The van der Waals surface area contributed by atoms with Crippen LogP contribution in [0.2, 0.25) is 0 Å². The number of carbonyl (C=O) groups excluding carboxylic acids is 2. The summed E-state index contributed by atoms with van der Waals surface area (Å²) in [4.78, 5) is 35.4. The summed E-state index contributed by atoms with van der Waals surface area (Å²) >= 11 is 0. The maximum Gasteiger partial charge on any atom is 0.290 e. The van der Waals surface area contributed by atoms with E-state index < -0.39 is 23.1 Å². The van der Waals surface area contributed by atoms with Gasteiger partial charge in [0.05, 0.1) is 11.6 Å². The van der Waals surface area contributed by atoms with Gasteiger partial charge in [-0.2, -0.15) is 0 Å². The zero-order valence-electron chi connectivity index (χ0n) is 15.0. The van der Waals surface area contributed by atoms with Crippen LogP contribution in [0.4, 0.5) is 0 Å². The molecule has 6 heteroatoms. The highest BCUT2D eigenvalue weighted by molar-refractivity contribution is 6.10. The summed E-state index contributed by atoms with van der Waals surface area (Å²) in [6.07, 6.45) is 6.55. The Morgan fingerprint density at radius 1 is 1.15 bits per heavy atom. The average molecular weight is 351 g/mol. The van der Waals surface area contributed by atoms with Gasteiger partial charge < -0.3 is 10.0 Å². The summed E-state index contributed by atoms with van der Waals surface area (Å²) in [5.41, 5.74) is 0.891. The monoisotopic (exact) mass is 351 g/mol. The Kier molecular flexibility index (Phi) is 4.59. The molecule has 0 radical (unpaired) electrons. The molecule has 3 rings (SSSR count). The van der Waals surface area contributed by atoms with Crippen molar-refractivity contribution in [2.75, 3.05) is 0 Å². The highest BCUT2D eigenvalue weighted by Crippen LogP contribution is 2.41. The van der Waals surface area contributed by atoms with Crippen molar-refractivity contribution in [3.8, 4) is 0 Å². The molecule has 1 aliphatic rings. The number of ketones is 1. The molecule has 3 heterocycles. The molecule has 0 saturated heterocycles. The normalized spacial score (nSPS) is 17.7. The van der Waals surface area contributed by atoms with Crippen molar-refractivity contribution >= 4 is 11.7 Å². The van der Waals surface area contributed by atoms with Crippen molar-refractivity contribution in [1.82, 2.24) is 14.9 Å². The van der Waals surface area contributed by atoms with Crippen molar-refractivity contribution in [3.63, 3.8) is 0 Å². The molecule has 1 N–H and O–H groups in total. The van der Waals surface area contributed by atoms with Crippen LogP contribution in [0.15, 0.2) is 60.4 Å². The van der Waals surface area contributed by atoms with Crippen molar-refractivity contribution in [2.24, 2.45) is 5.41 Å². The van der Waals surface area contributed by atoms with E-state index in [4.69, 9.17) is 0 Å². The molecule has 1 unspecified atom stereocenters. The molecule has 0 spiro atoms. The van der Waals surface area contributed by atoms with Crippen LogP contribution < -0.4 is 0 Å². The molecule has 0 saturated carbocycles. The lowest BCUT2D eigenvalue weighted by Crippen LogP contribution is -2.32. The van der Waals surface area contributed by atoms with Crippen molar-refractivity contribution < 1.29 is 14.7 Å². The van der Waals surface area contributed by atoms with E-state index in [9.17, 15) is 14.7 Å². The minimum absolute atomic E-state index is 0.124. The lowest BCUT2D eigenvalue weighted by atomic mass is 9.82. The summed E-state index contributed by atoms with van der Waals surface area (Å²) in [6, 6.07) is 6.50. The van der Waals surface area contributed by atoms with E-state index in [-0.39, 0.29) is 17.9 Å². The third-order valence-electron chi connectivity index (χ3n) is 4.31. The molecule has 2 aromatic heterocycles. The van der Waals surface area contributed by atoms with Crippen LogP contribution in [0, 0.1) is 5.41 Å². The number of aliphatic hydroxyl groups is 1. The molecule has 134 valence electrons. The first-order valence-electron chi connectivity index (χ1n) is 8.38. The summed E-state index contributed by atoms with van der Waals surface area (Å²) in [5, 5.41) is 10.5. The van der Waals surface area contributed by atoms with E-state index in [1.807, 2.05) is 6.07 Å². The fourth-order valence-corrected chi connectivity index (χ4v) is 3.03. The van der Waals surface area contributed by atoms with Gasteiger partial charge in [-0.15, -0.1) is 0 Å². The molecule has 0 bridgehead atoms. The summed E-state index contributed by atoms with van der Waals surface area (Å²) in [6.45, 7) is 5.54. The molecule has 0 aromatic carbocycles. The Hall–Kier alpha value is -3.02. The van der Waals surface area contributed by atoms with Crippen LogP contribution in [-0.4, -0.2) is 31.7 Å². The van der Waals surface area contributed by atoms with Crippen LogP contribution in [0.1, 0.15) is 37.9 Å². The number of aliphatic hydroxyl groups excluding tert-OH is 1. The predicted octanol–water partition coefficient (Wildman–Crippen LogP) is 2.99. The molecule has 0 aliphatic carbocycles. The van der Waals surface area contributed by atoms with Crippen LogP contribution in [-0.2, 0) is 16.1 Å². The number of amides is 1. The molecule has 6 nitrogen and oxygen atoms in total. The maximum atomic E-state index is 13.0. The summed E-state index contributed by atoms with van der Waals surface area (Å²) in [7, 11) is 0. The summed E-state index contributed by atoms with van der Waals surface area (Å²) in [5.74, 6) is -1.30. The average Bonchev–Trinajstić information content (AvgIpc) is 2.87. The Morgan fingerprint density at radius 3 is 2.35 bits per heavy atom. The molecular weight excluding hydrogens is 330 g/mol. The van der Waals surface area contributed by atoms with Gasteiger partial charge in [-0.25, -0.2) is 0 Å². The van der Waals surface area contributed by atoms with Gasteiger partial charge in [0.1, 0.15) is 0 Å². The van der Waals surface area contributed by atoms with Gasteiger partial charge >= 0.3 is 0 Å². The van der Waals surface area contributed by atoms with Crippen LogP contribution >= 0.6 is 0 Å². The van der Waals surface area contributed by atoms with Gasteiger partial charge in [0.15, 0.2) is 11.5 Å². The Labute approximate surface area is 152 Å². The second kappa shape index (κ2) is 6.71. The van der Waals surface area contributed by atoms with E-state index in [0.29, 0.717) is 5.56 Å². The van der Waals surface area contributed by atoms with Crippen molar-refractivity contribution in [3.05, 3.63) is 71.5 Å². The first-order valence-corrected chi connectivity index (χ1v) is 8.38. The van der Waals surface area contributed by atoms with Crippen molar-refractivity contribution in [1.29, 1.82) is 0 Å². The lowest BCUT2D eigenvalue weighted by molar-refractivity contribution is -0.130. The number of nitrogens with zero attached hydrogens (tertiary/aromatic N) is 3. The van der Waals surface area contributed by atoms with Crippen LogP contribution in [0.3, 0.4) is 0 Å². The molecule has 1 aliphatic heterocycles. The number of carbonyl (C=O) groups is 2. The standard InChI is InChI=1S/C20H21N3O3/c1-20(2,3)18(25)15-16(14-7-5-9-22-11-14)23(19(26)17(15)24)12-13-6-4-8-21-10-13/h4-11,16,24H,12H2,1-3H3. The fraction of sp³-hybridized carbons (Fsp3) is 0.300. The molecule has 2 aromatic rings. The lowest BCUT2D eigenvalue weighted by Gasteiger charge is -2.28. The van der Waals surface area contributed by atoms with Crippen LogP contribution in [0.25, 0.3) is 0 Å². The zero-order valence-corrected chi connectivity index (χ0v) is 15.0.